The van der Waals surface area contributed by atoms with Crippen LogP contribution in [-0.4, -0.2) is 25.9 Å². The molecular weight excluding hydrogens is 394 g/mol. The van der Waals surface area contributed by atoms with Crippen LogP contribution < -0.4 is 10.0 Å². The second-order valence-electron chi connectivity index (χ2n) is 5.84. The van der Waals surface area contributed by atoms with Crippen LogP contribution in [0.4, 0.5) is 5.69 Å². The number of carbonyl (C=O) groups is 1. The number of anilines is 1. The summed E-state index contributed by atoms with van der Waals surface area (Å²) in [4.78, 5) is 16.9. The van der Waals surface area contributed by atoms with E-state index in [1.165, 1.54) is 24.3 Å². The summed E-state index contributed by atoms with van der Waals surface area (Å²) in [6, 6.07) is 13.0. The number of nitrogens with zero attached hydrogens (tertiary/aromatic N) is 1. The van der Waals surface area contributed by atoms with Gasteiger partial charge in [-0.15, -0.1) is 17.8 Å². The van der Waals surface area contributed by atoms with Crippen LogP contribution in [0.25, 0.3) is 11.3 Å². The molecule has 2 N–H and O–H groups in total. The molecule has 0 fully saturated rings. The van der Waals surface area contributed by atoms with E-state index in [2.05, 4.69) is 20.9 Å². The molecule has 8 heteroatoms. The third-order valence-corrected chi connectivity index (χ3v) is 6.04. The third-order valence-electron chi connectivity index (χ3n) is 3.85. The minimum atomic E-state index is -3.68. The summed E-state index contributed by atoms with van der Waals surface area (Å²) in [5.41, 5.74) is 2.84. The molecule has 0 saturated heterocycles. The monoisotopic (exact) mass is 411 g/mol. The van der Waals surface area contributed by atoms with Crippen molar-refractivity contribution < 1.29 is 13.2 Å². The number of terminal acetylenes is 1. The Kier molecular flexibility index (Phi) is 5.90. The smallest absolute Gasteiger partial charge is 0.255 e. The first-order valence-electron chi connectivity index (χ1n) is 8.26. The van der Waals surface area contributed by atoms with E-state index in [0.717, 1.165) is 16.3 Å². The Hall–Kier alpha value is -2.99. The van der Waals surface area contributed by atoms with Gasteiger partial charge in [0.05, 0.1) is 22.1 Å². The van der Waals surface area contributed by atoms with E-state index < -0.39 is 10.0 Å². The molecule has 0 unspecified atom stereocenters. The van der Waals surface area contributed by atoms with Crippen LogP contribution in [0.15, 0.2) is 58.8 Å². The van der Waals surface area contributed by atoms with Gasteiger partial charge in [0.25, 0.3) is 5.91 Å². The maximum absolute atomic E-state index is 12.4. The number of rotatable bonds is 6. The van der Waals surface area contributed by atoms with Gasteiger partial charge in [0.1, 0.15) is 0 Å². The van der Waals surface area contributed by atoms with Crippen molar-refractivity contribution in [2.75, 3.05) is 11.9 Å². The molecule has 142 valence electrons. The molecule has 6 nitrogen and oxygen atoms in total. The second kappa shape index (κ2) is 8.35. The zero-order valence-electron chi connectivity index (χ0n) is 15.0. The lowest BCUT2D eigenvalue weighted by molar-refractivity contribution is 0.102. The van der Waals surface area contributed by atoms with Crippen LogP contribution in [0.1, 0.15) is 15.4 Å². The Bertz CT molecular complexity index is 1130. The van der Waals surface area contributed by atoms with Gasteiger partial charge in [-0.1, -0.05) is 18.1 Å². The van der Waals surface area contributed by atoms with Gasteiger partial charge in [0, 0.05) is 22.2 Å². The molecule has 0 aliphatic heterocycles. The van der Waals surface area contributed by atoms with Crippen molar-refractivity contribution in [3.8, 4) is 23.6 Å². The Morgan fingerprint density at radius 3 is 2.39 bits per heavy atom. The quantitative estimate of drug-likeness (QED) is 0.610. The summed E-state index contributed by atoms with van der Waals surface area (Å²) in [5, 5.41) is 5.76. The fourth-order valence-electron chi connectivity index (χ4n) is 2.43. The molecule has 0 atom stereocenters. The van der Waals surface area contributed by atoms with Gasteiger partial charge in [0.15, 0.2) is 0 Å². The number of sulfonamides is 1. The molecular formula is C20H17N3O3S2. The molecule has 1 heterocycles. The molecule has 1 amide bonds. The number of amides is 1. The number of hydrogen-bond acceptors (Lipinski definition) is 5. The number of aromatic nitrogens is 1. The van der Waals surface area contributed by atoms with Crippen molar-refractivity contribution in [2.45, 2.75) is 11.8 Å². The van der Waals surface area contributed by atoms with Gasteiger partial charge in [-0.05, 0) is 43.3 Å². The lowest BCUT2D eigenvalue weighted by Gasteiger charge is -2.08. The Labute approximate surface area is 167 Å². The van der Waals surface area contributed by atoms with Crippen molar-refractivity contribution in [1.82, 2.24) is 9.71 Å². The van der Waals surface area contributed by atoms with Crippen molar-refractivity contribution in [3.05, 3.63) is 64.5 Å². The average molecular weight is 412 g/mol. The molecule has 3 rings (SSSR count). The number of hydrogen-bond donors (Lipinski definition) is 2. The molecule has 3 aromatic rings. The number of carbonyl (C=O) groups excluding carboxylic acids is 1. The minimum Gasteiger partial charge on any atom is -0.322 e. The molecule has 1 aromatic heterocycles. The average Bonchev–Trinajstić information content (AvgIpc) is 3.13. The molecule has 0 aliphatic rings. The SMILES string of the molecule is C#CCNS(=O)(=O)c1ccc(C(=O)Nc2ccc(-c3csc(C)n3)cc2)cc1. The molecule has 0 radical (unpaired) electrons. The lowest BCUT2D eigenvalue weighted by Crippen LogP contribution is -2.24. The molecule has 0 spiro atoms. The zero-order valence-corrected chi connectivity index (χ0v) is 16.6. The maximum atomic E-state index is 12.4. The van der Waals surface area contributed by atoms with Crippen molar-refractivity contribution >= 4 is 33.0 Å². The molecule has 0 saturated carbocycles. The number of thiazole rings is 1. The van der Waals surface area contributed by atoms with E-state index in [1.54, 1.807) is 23.5 Å². The summed E-state index contributed by atoms with van der Waals surface area (Å²) in [6.07, 6.45) is 5.06. The summed E-state index contributed by atoms with van der Waals surface area (Å²) >= 11 is 1.58. The zero-order chi connectivity index (χ0) is 20.1. The second-order valence-corrected chi connectivity index (χ2v) is 8.67. The first kappa shape index (κ1) is 19.8. The number of aryl methyl sites for hydroxylation is 1. The predicted molar refractivity (Wildman–Crippen MR) is 111 cm³/mol. The van der Waals surface area contributed by atoms with E-state index in [-0.39, 0.29) is 17.3 Å². The summed E-state index contributed by atoms with van der Waals surface area (Å²) in [6.45, 7) is 1.85. The fraction of sp³-hybridized carbons (Fsp3) is 0.100. The van der Waals surface area contributed by atoms with Gasteiger partial charge < -0.3 is 5.32 Å². The highest BCUT2D eigenvalue weighted by Crippen LogP contribution is 2.23. The largest absolute Gasteiger partial charge is 0.322 e. The highest BCUT2D eigenvalue weighted by atomic mass is 32.2. The van der Waals surface area contributed by atoms with Gasteiger partial charge in [-0.3, -0.25) is 4.79 Å². The van der Waals surface area contributed by atoms with E-state index in [4.69, 9.17) is 6.42 Å². The van der Waals surface area contributed by atoms with E-state index >= 15 is 0 Å². The van der Waals surface area contributed by atoms with Gasteiger partial charge in [-0.25, -0.2) is 13.4 Å². The van der Waals surface area contributed by atoms with Crippen LogP contribution in [0.5, 0.6) is 0 Å². The highest BCUT2D eigenvalue weighted by molar-refractivity contribution is 7.89. The van der Waals surface area contributed by atoms with E-state index in [9.17, 15) is 13.2 Å². The van der Waals surface area contributed by atoms with E-state index in [1.807, 2.05) is 24.4 Å². The van der Waals surface area contributed by atoms with Crippen LogP contribution in [0.3, 0.4) is 0 Å². The topological polar surface area (TPSA) is 88.2 Å². The molecule has 28 heavy (non-hydrogen) atoms. The summed E-state index contributed by atoms with van der Waals surface area (Å²) < 4.78 is 26.3. The van der Waals surface area contributed by atoms with Crippen molar-refractivity contribution in [3.63, 3.8) is 0 Å². The number of benzene rings is 2. The van der Waals surface area contributed by atoms with Gasteiger partial charge in [0.2, 0.25) is 10.0 Å². The van der Waals surface area contributed by atoms with Gasteiger partial charge in [-0.2, -0.15) is 4.72 Å². The Morgan fingerprint density at radius 2 is 1.82 bits per heavy atom. The van der Waals surface area contributed by atoms with Crippen LogP contribution in [0.2, 0.25) is 0 Å². The first-order valence-corrected chi connectivity index (χ1v) is 10.6. The number of nitrogens with one attached hydrogen (secondary N) is 2. The van der Waals surface area contributed by atoms with Crippen molar-refractivity contribution in [1.29, 1.82) is 0 Å². The predicted octanol–water partition coefficient (Wildman–Crippen LogP) is 3.28. The van der Waals surface area contributed by atoms with Crippen LogP contribution in [0, 0.1) is 19.3 Å². The summed E-state index contributed by atoms with van der Waals surface area (Å²) in [7, 11) is -3.68. The molecule has 0 aliphatic carbocycles. The van der Waals surface area contributed by atoms with Crippen molar-refractivity contribution in [2.24, 2.45) is 0 Å². The molecule has 2 aromatic carbocycles. The normalized spacial score (nSPS) is 11.0. The van der Waals surface area contributed by atoms with E-state index in [0.29, 0.717) is 11.3 Å². The van der Waals surface area contributed by atoms with Crippen LogP contribution >= 0.6 is 11.3 Å². The summed E-state index contributed by atoms with van der Waals surface area (Å²) in [5.74, 6) is 1.87. The maximum Gasteiger partial charge on any atom is 0.255 e. The van der Waals surface area contributed by atoms with Gasteiger partial charge >= 0.3 is 0 Å². The third kappa shape index (κ3) is 4.64. The Morgan fingerprint density at radius 1 is 1.14 bits per heavy atom. The standard InChI is InChI=1S/C20H17N3O3S2/c1-3-12-21-28(25,26)18-10-6-16(7-11-18)20(24)23-17-8-4-15(5-9-17)19-13-27-14(2)22-19/h1,4-11,13,21H,12H2,2H3,(H,23,24). The first-order chi connectivity index (χ1) is 13.4. The Balaban J connectivity index is 1.68. The van der Waals surface area contributed by atoms with Crippen LogP contribution in [-0.2, 0) is 10.0 Å². The minimum absolute atomic E-state index is 0.0437. The fourth-order valence-corrected chi connectivity index (χ4v) is 3.99. The molecule has 0 bridgehead atoms. The lowest BCUT2D eigenvalue weighted by atomic mass is 10.1. The highest BCUT2D eigenvalue weighted by Gasteiger charge is 2.14.